The van der Waals surface area contributed by atoms with Crippen molar-refractivity contribution in [1.82, 2.24) is 0 Å². The standard InChI is InChI=1S/C20H14FNO3S/c21-16-4-2-1-3-13(16)15-10-26-19-14(9-17(23)22-18(15)19)11-5-7-12(8-6-11)20(24)25/h1-8,10,14H,9H2,(H,22,23)(H,24,25). The van der Waals surface area contributed by atoms with E-state index in [2.05, 4.69) is 5.32 Å². The largest absolute Gasteiger partial charge is 0.478 e. The highest BCUT2D eigenvalue weighted by molar-refractivity contribution is 7.11. The first kappa shape index (κ1) is 16.5. The number of benzene rings is 2. The molecule has 1 atom stereocenters. The lowest BCUT2D eigenvalue weighted by molar-refractivity contribution is -0.116. The van der Waals surface area contributed by atoms with Crippen molar-refractivity contribution in [2.45, 2.75) is 12.3 Å². The van der Waals surface area contributed by atoms with Crippen LogP contribution in [0.3, 0.4) is 0 Å². The van der Waals surface area contributed by atoms with Gasteiger partial charge in [0.05, 0.1) is 11.3 Å². The molecule has 26 heavy (non-hydrogen) atoms. The maximum Gasteiger partial charge on any atom is 0.335 e. The third-order valence-corrected chi connectivity index (χ3v) is 5.61. The number of hydrogen-bond acceptors (Lipinski definition) is 3. The molecule has 1 aromatic heterocycles. The lowest BCUT2D eigenvalue weighted by Gasteiger charge is -2.24. The summed E-state index contributed by atoms with van der Waals surface area (Å²) in [4.78, 5) is 24.2. The van der Waals surface area contributed by atoms with Gasteiger partial charge in [-0.2, -0.15) is 0 Å². The van der Waals surface area contributed by atoms with Gasteiger partial charge in [-0.1, -0.05) is 30.3 Å². The molecule has 2 aromatic carbocycles. The second kappa shape index (κ2) is 6.38. The molecule has 130 valence electrons. The highest BCUT2D eigenvalue weighted by Crippen LogP contribution is 2.46. The third-order valence-electron chi connectivity index (χ3n) is 4.51. The van der Waals surface area contributed by atoms with Gasteiger partial charge in [-0.05, 0) is 23.8 Å². The number of carbonyl (C=O) groups is 2. The van der Waals surface area contributed by atoms with Crippen LogP contribution < -0.4 is 5.32 Å². The SMILES string of the molecule is O=C1CC(c2ccc(C(=O)O)cc2)c2scc(-c3ccccc3F)c2N1. The van der Waals surface area contributed by atoms with Crippen molar-refractivity contribution >= 4 is 28.9 Å². The summed E-state index contributed by atoms with van der Waals surface area (Å²) in [5, 5.41) is 13.8. The van der Waals surface area contributed by atoms with E-state index >= 15 is 0 Å². The molecule has 1 unspecified atom stereocenters. The number of aromatic carboxylic acids is 1. The van der Waals surface area contributed by atoms with Crippen LogP contribution in [0.25, 0.3) is 11.1 Å². The molecule has 3 aromatic rings. The highest BCUT2D eigenvalue weighted by atomic mass is 32.1. The minimum atomic E-state index is -0.989. The monoisotopic (exact) mass is 367 g/mol. The summed E-state index contributed by atoms with van der Waals surface area (Å²) in [5.74, 6) is -1.64. The number of thiophene rings is 1. The summed E-state index contributed by atoms with van der Waals surface area (Å²) < 4.78 is 14.2. The highest BCUT2D eigenvalue weighted by Gasteiger charge is 2.31. The molecule has 1 amide bonds. The van der Waals surface area contributed by atoms with Crippen LogP contribution in [0.2, 0.25) is 0 Å². The van der Waals surface area contributed by atoms with E-state index in [0.717, 1.165) is 10.4 Å². The van der Waals surface area contributed by atoms with Crippen molar-refractivity contribution in [3.63, 3.8) is 0 Å². The Balaban J connectivity index is 1.79. The molecule has 4 rings (SSSR count). The topological polar surface area (TPSA) is 66.4 Å². The molecular formula is C20H14FNO3S. The molecule has 0 saturated carbocycles. The average molecular weight is 367 g/mol. The van der Waals surface area contributed by atoms with Gasteiger partial charge in [-0.3, -0.25) is 4.79 Å². The maximum absolute atomic E-state index is 14.2. The summed E-state index contributed by atoms with van der Waals surface area (Å²) in [5.41, 5.74) is 2.83. The minimum Gasteiger partial charge on any atom is -0.478 e. The van der Waals surface area contributed by atoms with Crippen molar-refractivity contribution in [3.05, 3.63) is 75.7 Å². The second-order valence-corrected chi connectivity index (χ2v) is 7.01. The fourth-order valence-electron chi connectivity index (χ4n) is 3.23. The number of carboxylic acids is 1. The van der Waals surface area contributed by atoms with Gasteiger partial charge in [-0.15, -0.1) is 11.3 Å². The van der Waals surface area contributed by atoms with Gasteiger partial charge >= 0.3 is 5.97 Å². The summed E-state index contributed by atoms with van der Waals surface area (Å²) in [7, 11) is 0. The van der Waals surface area contributed by atoms with Crippen LogP contribution in [0.4, 0.5) is 10.1 Å². The quantitative estimate of drug-likeness (QED) is 0.703. The molecule has 2 N–H and O–H groups in total. The number of rotatable bonds is 3. The minimum absolute atomic E-state index is 0.138. The fraction of sp³-hybridized carbons (Fsp3) is 0.100. The number of hydrogen-bond donors (Lipinski definition) is 2. The van der Waals surface area contributed by atoms with E-state index in [1.807, 2.05) is 5.38 Å². The Morgan fingerprint density at radius 1 is 1.12 bits per heavy atom. The molecule has 1 aliphatic heterocycles. The second-order valence-electron chi connectivity index (χ2n) is 6.10. The van der Waals surface area contributed by atoms with E-state index in [-0.39, 0.29) is 29.6 Å². The van der Waals surface area contributed by atoms with Crippen LogP contribution in [0.5, 0.6) is 0 Å². The van der Waals surface area contributed by atoms with Crippen molar-refractivity contribution < 1.29 is 19.1 Å². The zero-order chi connectivity index (χ0) is 18.3. The number of halogens is 1. The Bertz CT molecular complexity index is 1010. The first-order valence-electron chi connectivity index (χ1n) is 8.04. The van der Waals surface area contributed by atoms with Gasteiger partial charge in [0.2, 0.25) is 5.91 Å². The van der Waals surface area contributed by atoms with Gasteiger partial charge in [-0.25, -0.2) is 9.18 Å². The molecule has 0 radical (unpaired) electrons. The molecule has 0 fully saturated rings. The zero-order valence-corrected chi connectivity index (χ0v) is 14.3. The molecule has 4 nitrogen and oxygen atoms in total. The van der Waals surface area contributed by atoms with E-state index in [9.17, 15) is 14.0 Å². The van der Waals surface area contributed by atoms with Crippen LogP contribution in [0.1, 0.15) is 33.1 Å². The van der Waals surface area contributed by atoms with Crippen molar-refractivity contribution in [1.29, 1.82) is 0 Å². The number of carboxylic acid groups (broad SMARTS) is 1. The normalized spacial score (nSPS) is 16.0. The van der Waals surface area contributed by atoms with Crippen LogP contribution in [-0.2, 0) is 4.79 Å². The van der Waals surface area contributed by atoms with Gasteiger partial charge < -0.3 is 10.4 Å². The van der Waals surface area contributed by atoms with Gasteiger partial charge in [0.1, 0.15) is 5.82 Å². The van der Waals surface area contributed by atoms with E-state index in [1.54, 1.807) is 30.3 Å². The zero-order valence-electron chi connectivity index (χ0n) is 13.5. The fourth-order valence-corrected chi connectivity index (χ4v) is 4.38. The molecule has 6 heteroatoms. The predicted octanol–water partition coefficient (Wildman–Crippen LogP) is 4.73. The molecule has 0 bridgehead atoms. The molecule has 0 spiro atoms. The van der Waals surface area contributed by atoms with Crippen molar-refractivity contribution in [2.24, 2.45) is 0 Å². The molecule has 0 saturated heterocycles. The number of anilines is 1. The van der Waals surface area contributed by atoms with Crippen molar-refractivity contribution in [3.8, 4) is 11.1 Å². The number of fused-ring (bicyclic) bond motifs is 1. The molecular weight excluding hydrogens is 353 g/mol. The van der Waals surface area contributed by atoms with Gasteiger partial charge in [0.25, 0.3) is 0 Å². The average Bonchev–Trinajstić information content (AvgIpc) is 3.05. The van der Waals surface area contributed by atoms with E-state index in [1.165, 1.54) is 29.5 Å². The van der Waals surface area contributed by atoms with Crippen molar-refractivity contribution in [2.75, 3.05) is 5.32 Å². The van der Waals surface area contributed by atoms with E-state index in [4.69, 9.17) is 5.11 Å². The molecule has 1 aliphatic rings. The van der Waals surface area contributed by atoms with Crippen LogP contribution >= 0.6 is 11.3 Å². The van der Waals surface area contributed by atoms with Crippen LogP contribution in [0, 0.1) is 5.82 Å². The Hall–Kier alpha value is -2.99. The van der Waals surface area contributed by atoms with E-state index in [0.29, 0.717) is 16.8 Å². The number of amides is 1. The lowest BCUT2D eigenvalue weighted by Crippen LogP contribution is -2.22. The first-order valence-corrected chi connectivity index (χ1v) is 8.92. The third kappa shape index (κ3) is 2.78. The molecule has 2 heterocycles. The van der Waals surface area contributed by atoms with Crippen LogP contribution in [-0.4, -0.2) is 17.0 Å². The summed E-state index contributed by atoms with van der Waals surface area (Å²) in [6.45, 7) is 0. The number of nitrogens with one attached hydrogen (secondary N) is 1. The Morgan fingerprint density at radius 3 is 2.54 bits per heavy atom. The first-order chi connectivity index (χ1) is 12.5. The van der Waals surface area contributed by atoms with E-state index < -0.39 is 5.97 Å². The summed E-state index contributed by atoms with van der Waals surface area (Å²) in [6.07, 6.45) is 0.274. The Labute approximate surface area is 152 Å². The van der Waals surface area contributed by atoms with Crippen LogP contribution in [0.15, 0.2) is 53.9 Å². The van der Waals surface area contributed by atoms with Gasteiger partial charge in [0, 0.05) is 33.7 Å². The summed E-state index contributed by atoms with van der Waals surface area (Å²) >= 11 is 1.47. The number of carbonyl (C=O) groups excluding carboxylic acids is 1. The summed E-state index contributed by atoms with van der Waals surface area (Å²) in [6, 6.07) is 13.0. The maximum atomic E-state index is 14.2. The smallest absolute Gasteiger partial charge is 0.335 e. The lowest BCUT2D eigenvalue weighted by atomic mass is 9.88. The Morgan fingerprint density at radius 2 is 1.85 bits per heavy atom. The molecule has 0 aliphatic carbocycles. The Kier molecular flexibility index (Phi) is 4.05. The van der Waals surface area contributed by atoms with Gasteiger partial charge in [0.15, 0.2) is 0 Å². The predicted molar refractivity (Wildman–Crippen MR) is 98.2 cm³/mol.